The van der Waals surface area contributed by atoms with Gasteiger partial charge < -0.3 is 14.5 Å². The Bertz CT molecular complexity index is 657. The number of carbonyl (C=O) groups excluding carboxylic acids is 2. The second kappa shape index (κ2) is 9.77. The average Bonchev–Trinajstić information content (AvgIpc) is 2.47. The lowest BCUT2D eigenvalue weighted by atomic mass is 10.2. The van der Waals surface area contributed by atoms with E-state index in [1.807, 2.05) is 33.9 Å². The highest BCUT2D eigenvalue weighted by atomic mass is 32.2. The number of carbonyl (C=O) groups is 2. The number of nitrogens with one attached hydrogen (secondary N) is 1. The normalized spacial score (nSPS) is 18.4. The molecule has 1 unspecified atom stereocenters. The molecule has 2 atom stereocenters. The molecule has 0 rings (SSSR count). The topological polar surface area (TPSA) is 88.4 Å². The first-order valence-corrected chi connectivity index (χ1v) is 12.3. The van der Waals surface area contributed by atoms with E-state index in [9.17, 15) is 14.9 Å². The number of esters is 1. The molecule has 0 aromatic carbocycles. The van der Waals surface area contributed by atoms with Crippen molar-refractivity contribution in [3.63, 3.8) is 0 Å². The monoisotopic (exact) mass is 405 g/mol. The summed E-state index contributed by atoms with van der Waals surface area (Å²) in [5, 5.41) is 11.7. The highest BCUT2D eigenvalue weighted by molar-refractivity contribution is 7.99. The first-order chi connectivity index (χ1) is 12.7. The van der Waals surface area contributed by atoms with Gasteiger partial charge in [-0.2, -0.15) is 17.0 Å². The van der Waals surface area contributed by atoms with E-state index >= 15 is 0 Å². The lowest BCUT2D eigenvalue weighted by Crippen LogP contribution is -2.46. The van der Waals surface area contributed by atoms with E-state index in [1.54, 1.807) is 26.8 Å². The Labute approximate surface area is 167 Å². The standard InChI is InChI=1S/C18H34N2O4SSi/c1-13(21)20-15(16(22)23-17(2,3)4)12-25-11-14(10-19)24-26(8,9)18(5,6)7/h14-15H,11-12H2,1-9H3,(H,20,21)/t14?,15-/m0/s1/i11D2,14D. The van der Waals surface area contributed by atoms with Crippen molar-refractivity contribution in [2.45, 2.75) is 84.3 Å². The summed E-state index contributed by atoms with van der Waals surface area (Å²) in [4.78, 5) is 23.9. The molecule has 0 aliphatic carbocycles. The summed E-state index contributed by atoms with van der Waals surface area (Å²) < 4.78 is 36.1. The van der Waals surface area contributed by atoms with Gasteiger partial charge in [0.05, 0.1) is 7.44 Å². The van der Waals surface area contributed by atoms with Crippen molar-refractivity contribution in [2.75, 3.05) is 11.5 Å². The SMILES string of the molecule is [2H]C(C#N)(O[Si](C)(C)C(C)(C)C)C([2H])([2H])SC[C@H](NC(C)=O)C(=O)OC(C)(C)C. The first-order valence-electron chi connectivity index (χ1n) is 9.93. The zero-order valence-corrected chi connectivity index (χ0v) is 19.1. The lowest BCUT2D eigenvalue weighted by molar-refractivity contribution is -0.157. The molecule has 1 amide bonds. The molecular weight excluding hydrogens is 368 g/mol. The Morgan fingerprint density at radius 2 is 1.85 bits per heavy atom. The Morgan fingerprint density at radius 3 is 2.23 bits per heavy atom. The fraction of sp³-hybridized carbons (Fsp3) is 0.833. The van der Waals surface area contributed by atoms with Crippen molar-refractivity contribution in [2.24, 2.45) is 0 Å². The number of nitrogens with zero attached hydrogens (tertiary/aromatic N) is 1. The quantitative estimate of drug-likeness (QED) is 0.491. The number of nitriles is 1. The van der Waals surface area contributed by atoms with Gasteiger partial charge in [0.2, 0.25) is 5.91 Å². The Balaban J connectivity index is 5.57. The van der Waals surface area contributed by atoms with Crippen LogP contribution in [0.1, 0.15) is 52.6 Å². The van der Waals surface area contributed by atoms with Crippen molar-refractivity contribution >= 4 is 32.0 Å². The van der Waals surface area contributed by atoms with Gasteiger partial charge in [0, 0.05) is 21.1 Å². The molecule has 150 valence electrons. The minimum absolute atomic E-state index is 0.218. The molecule has 0 saturated carbocycles. The maximum absolute atomic E-state index is 12.4. The van der Waals surface area contributed by atoms with E-state index in [2.05, 4.69) is 5.32 Å². The summed E-state index contributed by atoms with van der Waals surface area (Å²) in [6.07, 6.45) is -2.48. The van der Waals surface area contributed by atoms with Crippen LogP contribution in [-0.2, 0) is 18.8 Å². The van der Waals surface area contributed by atoms with Crippen molar-refractivity contribution in [3.05, 3.63) is 0 Å². The number of ether oxygens (including phenoxy) is 1. The highest BCUT2D eigenvalue weighted by Gasteiger charge is 2.39. The molecule has 0 saturated heterocycles. The molecule has 0 aromatic heterocycles. The molecular formula is C18H34N2O4SSi. The third-order valence-electron chi connectivity index (χ3n) is 3.75. The zero-order chi connectivity index (χ0) is 23.5. The smallest absolute Gasteiger partial charge is 0.330 e. The Kier molecular flexibility index (Phi) is 7.40. The summed E-state index contributed by atoms with van der Waals surface area (Å²) in [5.41, 5.74) is -3.25. The molecule has 26 heavy (non-hydrogen) atoms. The van der Waals surface area contributed by atoms with Gasteiger partial charge in [0.1, 0.15) is 17.7 Å². The minimum atomic E-state index is -2.63. The van der Waals surface area contributed by atoms with E-state index in [-0.39, 0.29) is 10.8 Å². The molecule has 0 fully saturated rings. The Hall–Kier alpha value is -1.04. The van der Waals surface area contributed by atoms with Crippen LogP contribution in [0.15, 0.2) is 0 Å². The first kappa shape index (κ1) is 19.7. The van der Waals surface area contributed by atoms with Gasteiger partial charge in [-0.05, 0) is 38.9 Å². The van der Waals surface area contributed by atoms with Crippen molar-refractivity contribution in [3.8, 4) is 6.07 Å². The number of amides is 1. The van der Waals surface area contributed by atoms with E-state index in [0.29, 0.717) is 11.8 Å². The second-order valence-electron chi connectivity index (χ2n) is 8.50. The van der Waals surface area contributed by atoms with E-state index in [0.717, 1.165) is 0 Å². The average molecular weight is 406 g/mol. The molecule has 0 aromatic rings. The van der Waals surface area contributed by atoms with Crippen LogP contribution in [0, 0.1) is 11.3 Å². The summed E-state index contributed by atoms with van der Waals surface area (Å²) in [7, 11) is -2.63. The second-order valence-corrected chi connectivity index (χ2v) is 14.1. The van der Waals surface area contributed by atoms with E-state index in [1.165, 1.54) is 6.92 Å². The van der Waals surface area contributed by atoms with Gasteiger partial charge in [-0.25, -0.2) is 4.79 Å². The summed E-state index contributed by atoms with van der Waals surface area (Å²) >= 11 is 0.571. The number of thioether (sulfide) groups is 1. The maximum Gasteiger partial charge on any atom is 0.330 e. The van der Waals surface area contributed by atoms with Crippen LogP contribution < -0.4 is 5.32 Å². The van der Waals surface area contributed by atoms with Gasteiger partial charge in [-0.3, -0.25) is 4.79 Å². The summed E-state index contributed by atoms with van der Waals surface area (Å²) in [6, 6.07) is 0.536. The van der Waals surface area contributed by atoms with Crippen LogP contribution in [0.5, 0.6) is 0 Å². The van der Waals surface area contributed by atoms with Gasteiger partial charge in [-0.15, -0.1) is 0 Å². The van der Waals surface area contributed by atoms with Crippen LogP contribution in [0.4, 0.5) is 0 Å². The molecule has 8 heteroatoms. The fourth-order valence-corrected chi connectivity index (χ4v) is 3.13. The van der Waals surface area contributed by atoms with Crippen LogP contribution >= 0.6 is 11.8 Å². The number of hydrogen-bond acceptors (Lipinski definition) is 6. The largest absolute Gasteiger partial charge is 0.458 e. The molecule has 0 spiro atoms. The zero-order valence-electron chi connectivity index (χ0n) is 20.3. The molecule has 0 heterocycles. The van der Waals surface area contributed by atoms with Crippen LogP contribution in [0.3, 0.4) is 0 Å². The maximum atomic E-state index is 12.4. The molecule has 0 radical (unpaired) electrons. The third-order valence-corrected chi connectivity index (χ3v) is 8.91. The minimum Gasteiger partial charge on any atom is -0.458 e. The number of hydrogen-bond donors (Lipinski definition) is 1. The molecule has 1 N–H and O–H groups in total. The predicted molar refractivity (Wildman–Crippen MR) is 108 cm³/mol. The van der Waals surface area contributed by atoms with E-state index in [4.69, 9.17) is 13.3 Å². The van der Waals surface area contributed by atoms with Crippen molar-refractivity contribution in [1.82, 2.24) is 5.32 Å². The number of rotatable bonds is 8. The van der Waals surface area contributed by atoms with Gasteiger partial charge >= 0.3 is 5.97 Å². The van der Waals surface area contributed by atoms with E-state index < -0.39 is 43.6 Å². The fourth-order valence-electron chi connectivity index (χ4n) is 1.45. The van der Waals surface area contributed by atoms with Gasteiger partial charge in [0.15, 0.2) is 8.32 Å². The molecule has 0 bridgehead atoms. The summed E-state index contributed by atoms with van der Waals surface area (Å²) in [5.74, 6) is -1.41. The summed E-state index contributed by atoms with van der Waals surface area (Å²) in [6.45, 7) is 15.7. The van der Waals surface area contributed by atoms with Crippen LogP contribution in [0.2, 0.25) is 18.1 Å². The molecule has 0 aliphatic heterocycles. The van der Waals surface area contributed by atoms with Crippen molar-refractivity contribution in [1.29, 1.82) is 5.26 Å². The van der Waals surface area contributed by atoms with Gasteiger partial charge in [-0.1, -0.05) is 20.8 Å². The van der Waals surface area contributed by atoms with Gasteiger partial charge in [0.25, 0.3) is 0 Å². The molecule has 6 nitrogen and oxygen atoms in total. The highest BCUT2D eigenvalue weighted by Crippen LogP contribution is 2.37. The van der Waals surface area contributed by atoms with Crippen molar-refractivity contribution < 1.29 is 22.9 Å². The Morgan fingerprint density at radius 1 is 1.31 bits per heavy atom. The van der Waals surface area contributed by atoms with Crippen LogP contribution in [0.25, 0.3) is 0 Å². The lowest BCUT2D eigenvalue weighted by Gasteiger charge is -2.37. The predicted octanol–water partition coefficient (Wildman–Crippen LogP) is 3.48. The molecule has 0 aliphatic rings. The van der Waals surface area contributed by atoms with Crippen LogP contribution in [-0.4, -0.2) is 49.4 Å². The third kappa shape index (κ3) is 9.60.